The molecule has 0 aliphatic rings. The zero-order valence-electron chi connectivity index (χ0n) is 11.2. The summed E-state index contributed by atoms with van der Waals surface area (Å²) in [6.07, 6.45) is -5.14. The molecule has 118 valence electrons. The number of halogens is 4. The number of carbonyl (C=O) groups excluding carboxylic acids is 1. The van der Waals surface area contributed by atoms with Crippen molar-refractivity contribution in [1.29, 1.82) is 0 Å². The van der Waals surface area contributed by atoms with Crippen LogP contribution in [-0.4, -0.2) is 25.3 Å². The van der Waals surface area contributed by atoms with Gasteiger partial charge in [0, 0.05) is 18.7 Å². The number of nitrogens with one attached hydrogen (secondary N) is 1. The Hall–Kier alpha value is -1.47. The van der Waals surface area contributed by atoms with Crippen LogP contribution in [0.1, 0.15) is 19.3 Å². The molecule has 21 heavy (non-hydrogen) atoms. The summed E-state index contributed by atoms with van der Waals surface area (Å²) < 4.78 is 40.6. The van der Waals surface area contributed by atoms with Crippen LogP contribution < -0.4 is 11.1 Å². The topological polar surface area (TPSA) is 64.3 Å². The van der Waals surface area contributed by atoms with Gasteiger partial charge in [0.1, 0.15) is 0 Å². The van der Waals surface area contributed by atoms with Crippen molar-refractivity contribution in [2.45, 2.75) is 25.4 Å². The first-order valence-corrected chi connectivity index (χ1v) is 6.65. The molecule has 0 heterocycles. The molecule has 1 amide bonds. The zero-order chi connectivity index (χ0) is 15.9. The number of hydrogen-bond acceptors (Lipinski definition) is 3. The van der Waals surface area contributed by atoms with Crippen LogP contribution in [0.4, 0.5) is 24.5 Å². The Bertz CT molecular complexity index is 481. The van der Waals surface area contributed by atoms with E-state index in [1.54, 1.807) is 12.1 Å². The molecule has 3 N–H and O–H groups in total. The molecular formula is C13H16ClF3N2O2. The fraction of sp³-hybridized carbons (Fsp3) is 0.462. The minimum atomic E-state index is -4.17. The normalized spacial score (nSPS) is 11.4. The van der Waals surface area contributed by atoms with Crippen molar-refractivity contribution < 1.29 is 22.7 Å². The molecule has 0 aromatic heterocycles. The molecule has 0 radical (unpaired) electrons. The van der Waals surface area contributed by atoms with Gasteiger partial charge in [-0.1, -0.05) is 11.6 Å². The molecule has 1 aromatic carbocycles. The van der Waals surface area contributed by atoms with E-state index in [1.807, 2.05) is 0 Å². The number of rotatable bonds is 7. The zero-order valence-corrected chi connectivity index (χ0v) is 11.9. The van der Waals surface area contributed by atoms with E-state index in [-0.39, 0.29) is 32.0 Å². The summed E-state index contributed by atoms with van der Waals surface area (Å²) >= 11 is 5.89. The van der Waals surface area contributed by atoms with Crippen molar-refractivity contribution in [2.24, 2.45) is 0 Å². The van der Waals surface area contributed by atoms with Crippen LogP contribution in [0, 0.1) is 0 Å². The largest absolute Gasteiger partial charge is 0.399 e. The number of hydrogen-bond donors (Lipinski definition) is 2. The third-order valence-corrected chi connectivity index (χ3v) is 2.80. The van der Waals surface area contributed by atoms with Gasteiger partial charge in [-0.25, -0.2) is 0 Å². The summed E-state index contributed by atoms with van der Waals surface area (Å²) in [4.78, 5) is 11.6. The van der Waals surface area contributed by atoms with Crippen molar-refractivity contribution in [3.05, 3.63) is 23.2 Å². The van der Waals surface area contributed by atoms with Crippen LogP contribution in [0.25, 0.3) is 0 Å². The SMILES string of the molecule is Nc1ccc(NC(=O)CCOCCCC(F)(F)F)c(Cl)c1. The maximum atomic E-state index is 11.9. The lowest BCUT2D eigenvalue weighted by Crippen LogP contribution is -2.15. The Morgan fingerprint density at radius 1 is 1.33 bits per heavy atom. The monoisotopic (exact) mass is 324 g/mol. The lowest BCUT2D eigenvalue weighted by molar-refractivity contribution is -0.138. The summed E-state index contributed by atoms with van der Waals surface area (Å²) in [5, 5.41) is 2.88. The van der Waals surface area contributed by atoms with Crippen LogP contribution in [0.15, 0.2) is 18.2 Å². The average Bonchev–Trinajstić information content (AvgIpc) is 2.36. The Balaban J connectivity index is 2.20. The number of amides is 1. The highest BCUT2D eigenvalue weighted by Gasteiger charge is 2.25. The van der Waals surface area contributed by atoms with E-state index in [4.69, 9.17) is 22.1 Å². The standard InChI is InChI=1S/C13H16ClF3N2O2/c14-10-8-9(18)2-3-11(10)19-12(20)4-7-21-6-1-5-13(15,16)17/h2-3,8H,1,4-7,18H2,(H,19,20). The van der Waals surface area contributed by atoms with Gasteiger partial charge in [0.25, 0.3) is 0 Å². The quantitative estimate of drug-likeness (QED) is 0.595. The van der Waals surface area contributed by atoms with Crippen LogP contribution >= 0.6 is 11.6 Å². The average molecular weight is 325 g/mol. The Morgan fingerprint density at radius 2 is 2.05 bits per heavy atom. The van der Waals surface area contributed by atoms with E-state index in [9.17, 15) is 18.0 Å². The Kier molecular flexibility index (Phi) is 6.77. The summed E-state index contributed by atoms with van der Waals surface area (Å²) in [6, 6.07) is 4.67. The maximum Gasteiger partial charge on any atom is 0.389 e. The van der Waals surface area contributed by atoms with Crippen LogP contribution in [0.2, 0.25) is 5.02 Å². The van der Waals surface area contributed by atoms with E-state index in [0.29, 0.717) is 16.4 Å². The van der Waals surface area contributed by atoms with Gasteiger partial charge in [0.15, 0.2) is 0 Å². The molecule has 1 rings (SSSR count). The number of ether oxygens (including phenoxy) is 1. The van der Waals surface area contributed by atoms with E-state index < -0.39 is 12.6 Å². The number of nitrogen functional groups attached to an aromatic ring is 1. The van der Waals surface area contributed by atoms with E-state index in [1.165, 1.54) is 6.07 Å². The lowest BCUT2D eigenvalue weighted by atomic mass is 10.2. The molecule has 0 unspecified atom stereocenters. The third-order valence-electron chi connectivity index (χ3n) is 2.49. The van der Waals surface area contributed by atoms with Crippen molar-refractivity contribution in [1.82, 2.24) is 0 Å². The number of anilines is 2. The van der Waals surface area contributed by atoms with Crippen LogP contribution in [0.5, 0.6) is 0 Å². The minimum absolute atomic E-state index is 0.0323. The van der Waals surface area contributed by atoms with Crippen molar-refractivity contribution in [2.75, 3.05) is 24.3 Å². The van der Waals surface area contributed by atoms with Gasteiger partial charge in [-0.05, 0) is 24.6 Å². The number of nitrogens with two attached hydrogens (primary N) is 1. The first kappa shape index (κ1) is 17.6. The fourth-order valence-corrected chi connectivity index (χ4v) is 1.72. The van der Waals surface area contributed by atoms with Crippen LogP contribution in [-0.2, 0) is 9.53 Å². The van der Waals surface area contributed by atoms with E-state index >= 15 is 0 Å². The second-order valence-corrected chi connectivity index (χ2v) is 4.78. The van der Waals surface area contributed by atoms with Crippen LogP contribution in [0.3, 0.4) is 0 Å². The Morgan fingerprint density at radius 3 is 2.67 bits per heavy atom. The summed E-state index contributed by atoms with van der Waals surface area (Å²) in [5.41, 5.74) is 6.42. The second kappa shape index (κ2) is 8.09. The van der Waals surface area contributed by atoms with Gasteiger partial charge in [0.2, 0.25) is 5.91 Å². The van der Waals surface area contributed by atoms with Gasteiger partial charge in [-0.3, -0.25) is 4.79 Å². The first-order valence-electron chi connectivity index (χ1n) is 6.27. The predicted molar refractivity (Wildman–Crippen MR) is 75.2 cm³/mol. The highest BCUT2D eigenvalue weighted by Crippen LogP contribution is 2.24. The molecule has 0 atom stereocenters. The van der Waals surface area contributed by atoms with Gasteiger partial charge in [0.05, 0.1) is 23.7 Å². The van der Waals surface area contributed by atoms with Crippen molar-refractivity contribution in [3.8, 4) is 0 Å². The molecule has 4 nitrogen and oxygen atoms in total. The van der Waals surface area contributed by atoms with E-state index in [0.717, 1.165) is 0 Å². The molecule has 1 aromatic rings. The molecule has 0 aliphatic carbocycles. The Labute approximate surface area is 125 Å². The molecule has 0 fully saturated rings. The molecule has 8 heteroatoms. The summed E-state index contributed by atoms with van der Waals surface area (Å²) in [7, 11) is 0. The molecule has 0 bridgehead atoms. The predicted octanol–water partition coefficient (Wildman–Crippen LogP) is 3.61. The van der Waals surface area contributed by atoms with Crippen molar-refractivity contribution >= 4 is 28.9 Å². The fourth-order valence-electron chi connectivity index (χ4n) is 1.49. The summed E-state index contributed by atoms with van der Waals surface area (Å²) in [5.74, 6) is -0.336. The van der Waals surface area contributed by atoms with Gasteiger partial charge >= 0.3 is 6.18 Å². The number of alkyl halides is 3. The lowest BCUT2D eigenvalue weighted by Gasteiger charge is -2.09. The van der Waals surface area contributed by atoms with E-state index in [2.05, 4.69) is 5.32 Å². The maximum absolute atomic E-state index is 11.9. The second-order valence-electron chi connectivity index (χ2n) is 4.37. The van der Waals surface area contributed by atoms with Gasteiger partial charge in [-0.15, -0.1) is 0 Å². The number of carbonyl (C=O) groups is 1. The minimum Gasteiger partial charge on any atom is -0.399 e. The molecule has 0 aliphatic heterocycles. The number of benzene rings is 1. The first-order chi connectivity index (χ1) is 9.78. The highest BCUT2D eigenvalue weighted by molar-refractivity contribution is 6.34. The molecule has 0 spiro atoms. The van der Waals surface area contributed by atoms with Gasteiger partial charge in [-0.2, -0.15) is 13.2 Å². The molecule has 0 saturated heterocycles. The summed E-state index contributed by atoms with van der Waals surface area (Å²) in [6.45, 7) is 0.0195. The smallest absolute Gasteiger partial charge is 0.389 e. The third kappa shape index (κ3) is 7.77. The van der Waals surface area contributed by atoms with Crippen molar-refractivity contribution in [3.63, 3.8) is 0 Å². The molecular weight excluding hydrogens is 309 g/mol. The molecule has 0 saturated carbocycles. The van der Waals surface area contributed by atoms with Gasteiger partial charge < -0.3 is 15.8 Å². The highest BCUT2D eigenvalue weighted by atomic mass is 35.5.